The highest BCUT2D eigenvalue weighted by Crippen LogP contribution is 2.23. The van der Waals surface area contributed by atoms with Crippen LogP contribution < -0.4 is 10.2 Å². The third-order valence-electron chi connectivity index (χ3n) is 5.29. The number of nitrogens with zero attached hydrogens (tertiary/aromatic N) is 3. The zero-order valence-corrected chi connectivity index (χ0v) is 17.3. The highest BCUT2D eigenvalue weighted by Gasteiger charge is 2.23. The van der Waals surface area contributed by atoms with Crippen molar-refractivity contribution in [2.45, 2.75) is 19.4 Å². The van der Waals surface area contributed by atoms with Gasteiger partial charge < -0.3 is 10.2 Å². The van der Waals surface area contributed by atoms with Gasteiger partial charge in [0.25, 0.3) is 0 Å². The van der Waals surface area contributed by atoms with Crippen molar-refractivity contribution in [3.05, 3.63) is 60.2 Å². The second-order valence-electron chi connectivity index (χ2n) is 7.64. The zero-order valence-electron chi connectivity index (χ0n) is 17.3. The van der Waals surface area contributed by atoms with Crippen molar-refractivity contribution in [3.8, 4) is 0 Å². The molecule has 1 unspecified atom stereocenters. The van der Waals surface area contributed by atoms with Crippen molar-refractivity contribution in [2.24, 2.45) is 0 Å². The van der Waals surface area contributed by atoms with Crippen molar-refractivity contribution < 1.29 is 4.79 Å². The van der Waals surface area contributed by atoms with Crippen molar-refractivity contribution in [2.75, 3.05) is 57.0 Å². The molecule has 1 fully saturated rings. The normalized spacial score (nSPS) is 16.2. The summed E-state index contributed by atoms with van der Waals surface area (Å²) in [6.45, 7) is 7.78. The second kappa shape index (κ2) is 9.71. The molecule has 1 heterocycles. The van der Waals surface area contributed by atoms with E-state index in [-0.39, 0.29) is 11.9 Å². The van der Waals surface area contributed by atoms with Crippen LogP contribution in [0.2, 0.25) is 0 Å². The van der Waals surface area contributed by atoms with Crippen molar-refractivity contribution in [1.82, 2.24) is 9.80 Å². The predicted octanol–water partition coefficient (Wildman–Crippen LogP) is 3.46. The van der Waals surface area contributed by atoms with E-state index >= 15 is 0 Å². The van der Waals surface area contributed by atoms with Gasteiger partial charge in [0.1, 0.15) is 6.04 Å². The molecule has 0 aliphatic carbocycles. The molecule has 1 amide bonds. The van der Waals surface area contributed by atoms with E-state index < -0.39 is 0 Å². The van der Waals surface area contributed by atoms with Crippen LogP contribution in [0.4, 0.5) is 11.4 Å². The topological polar surface area (TPSA) is 38.8 Å². The Morgan fingerprint density at radius 3 is 2.21 bits per heavy atom. The second-order valence-corrected chi connectivity index (χ2v) is 7.64. The monoisotopic (exact) mass is 380 g/mol. The standard InChI is InChI=1S/C23H32N4O/c1-4-14-26-15-17-27(18-16-26)21-12-10-20(11-13-21)24-23(28)22(25(2)3)19-8-6-5-7-9-19/h5-13,22H,4,14-18H2,1-3H3,(H,24,28). The molecule has 3 rings (SSSR count). The number of anilines is 2. The van der Waals surface area contributed by atoms with Crippen molar-refractivity contribution in [1.29, 1.82) is 0 Å². The number of nitrogens with one attached hydrogen (secondary N) is 1. The van der Waals surface area contributed by atoms with Crippen LogP contribution in [0.15, 0.2) is 54.6 Å². The highest BCUT2D eigenvalue weighted by molar-refractivity contribution is 5.95. The number of likely N-dealkylation sites (N-methyl/N-ethyl adjacent to an activating group) is 1. The molecule has 0 spiro atoms. The van der Waals surface area contributed by atoms with E-state index in [1.54, 1.807) is 0 Å². The lowest BCUT2D eigenvalue weighted by Crippen LogP contribution is -2.46. The molecule has 5 nitrogen and oxygen atoms in total. The molecule has 28 heavy (non-hydrogen) atoms. The highest BCUT2D eigenvalue weighted by atomic mass is 16.2. The van der Waals surface area contributed by atoms with Crippen LogP contribution in [0.5, 0.6) is 0 Å². The van der Waals surface area contributed by atoms with E-state index in [1.807, 2.05) is 61.5 Å². The summed E-state index contributed by atoms with van der Waals surface area (Å²) in [4.78, 5) is 19.8. The number of hydrogen-bond donors (Lipinski definition) is 1. The molecular formula is C23H32N4O. The zero-order chi connectivity index (χ0) is 19.9. The summed E-state index contributed by atoms with van der Waals surface area (Å²) >= 11 is 0. The molecule has 0 aromatic heterocycles. The maximum absolute atomic E-state index is 12.9. The molecule has 0 bridgehead atoms. The van der Waals surface area contributed by atoms with Gasteiger partial charge in [-0.2, -0.15) is 0 Å². The number of hydrogen-bond acceptors (Lipinski definition) is 4. The van der Waals surface area contributed by atoms with Crippen LogP contribution in [0.25, 0.3) is 0 Å². The maximum Gasteiger partial charge on any atom is 0.246 e. The number of carbonyl (C=O) groups is 1. The smallest absolute Gasteiger partial charge is 0.246 e. The summed E-state index contributed by atoms with van der Waals surface area (Å²) in [5.74, 6) is -0.0165. The fourth-order valence-electron chi connectivity index (χ4n) is 3.83. The molecule has 2 aromatic carbocycles. The summed E-state index contributed by atoms with van der Waals surface area (Å²) in [6, 6.07) is 17.8. The Kier molecular flexibility index (Phi) is 7.06. The van der Waals surface area contributed by atoms with E-state index in [2.05, 4.69) is 34.2 Å². The van der Waals surface area contributed by atoms with Gasteiger partial charge in [0.15, 0.2) is 0 Å². The molecule has 1 atom stereocenters. The number of rotatable bonds is 7. The Hall–Kier alpha value is -2.37. The average Bonchev–Trinajstić information content (AvgIpc) is 2.70. The summed E-state index contributed by atoms with van der Waals surface area (Å²) < 4.78 is 0. The van der Waals surface area contributed by atoms with Crippen LogP contribution >= 0.6 is 0 Å². The Bertz CT molecular complexity index is 737. The van der Waals surface area contributed by atoms with Gasteiger partial charge in [-0.25, -0.2) is 0 Å². The summed E-state index contributed by atoms with van der Waals surface area (Å²) in [5.41, 5.74) is 3.05. The van der Waals surface area contributed by atoms with Gasteiger partial charge in [-0.3, -0.25) is 14.6 Å². The summed E-state index contributed by atoms with van der Waals surface area (Å²) in [6.07, 6.45) is 1.21. The van der Waals surface area contributed by atoms with Crippen LogP contribution in [-0.4, -0.2) is 62.5 Å². The molecule has 1 N–H and O–H groups in total. The van der Waals surface area contributed by atoms with Gasteiger partial charge in [-0.15, -0.1) is 0 Å². The van der Waals surface area contributed by atoms with Crippen LogP contribution in [0.1, 0.15) is 24.9 Å². The minimum Gasteiger partial charge on any atom is -0.369 e. The first-order chi connectivity index (χ1) is 13.6. The van der Waals surface area contributed by atoms with Crippen LogP contribution in [-0.2, 0) is 4.79 Å². The molecule has 1 saturated heterocycles. The first kappa shape index (κ1) is 20.4. The van der Waals surface area contributed by atoms with Crippen LogP contribution in [0.3, 0.4) is 0 Å². The fraction of sp³-hybridized carbons (Fsp3) is 0.435. The van der Waals surface area contributed by atoms with Gasteiger partial charge in [0.2, 0.25) is 5.91 Å². The molecule has 150 valence electrons. The minimum absolute atomic E-state index is 0.0165. The maximum atomic E-state index is 12.9. The summed E-state index contributed by atoms with van der Waals surface area (Å²) in [5, 5.41) is 3.07. The Morgan fingerprint density at radius 2 is 1.64 bits per heavy atom. The van der Waals surface area contributed by atoms with E-state index in [9.17, 15) is 4.79 Å². The van der Waals surface area contributed by atoms with Gasteiger partial charge in [0, 0.05) is 37.6 Å². The molecule has 1 aliphatic rings. The number of carbonyl (C=O) groups excluding carboxylic acids is 1. The van der Waals surface area contributed by atoms with E-state index in [4.69, 9.17) is 0 Å². The van der Waals surface area contributed by atoms with E-state index in [0.29, 0.717) is 0 Å². The quantitative estimate of drug-likeness (QED) is 0.798. The third-order valence-corrected chi connectivity index (χ3v) is 5.29. The first-order valence-electron chi connectivity index (χ1n) is 10.2. The first-order valence-corrected chi connectivity index (χ1v) is 10.2. The van der Waals surface area contributed by atoms with E-state index in [0.717, 1.165) is 37.4 Å². The number of piperazine rings is 1. The largest absolute Gasteiger partial charge is 0.369 e. The fourth-order valence-corrected chi connectivity index (χ4v) is 3.83. The molecule has 1 aliphatic heterocycles. The lowest BCUT2D eigenvalue weighted by atomic mass is 10.1. The van der Waals surface area contributed by atoms with Crippen molar-refractivity contribution >= 4 is 17.3 Å². The Labute approximate surface area is 168 Å². The molecule has 0 radical (unpaired) electrons. The van der Waals surface area contributed by atoms with Crippen LogP contribution in [0, 0.1) is 0 Å². The third kappa shape index (κ3) is 5.12. The minimum atomic E-state index is -0.312. The Morgan fingerprint density at radius 1 is 1.00 bits per heavy atom. The average molecular weight is 381 g/mol. The van der Waals surface area contributed by atoms with Gasteiger partial charge >= 0.3 is 0 Å². The molecule has 2 aromatic rings. The predicted molar refractivity (Wildman–Crippen MR) is 117 cm³/mol. The number of benzene rings is 2. The number of amides is 1. The Balaban J connectivity index is 1.61. The van der Waals surface area contributed by atoms with Gasteiger partial charge in [-0.1, -0.05) is 37.3 Å². The lowest BCUT2D eigenvalue weighted by molar-refractivity contribution is -0.120. The molecular weight excluding hydrogens is 348 g/mol. The van der Waals surface area contributed by atoms with Crippen molar-refractivity contribution in [3.63, 3.8) is 0 Å². The molecule has 5 heteroatoms. The summed E-state index contributed by atoms with van der Waals surface area (Å²) in [7, 11) is 3.86. The SMILES string of the molecule is CCCN1CCN(c2ccc(NC(=O)C(c3ccccc3)N(C)C)cc2)CC1. The van der Waals surface area contributed by atoms with Gasteiger partial charge in [-0.05, 0) is 56.9 Å². The van der Waals surface area contributed by atoms with E-state index in [1.165, 1.54) is 18.7 Å². The van der Waals surface area contributed by atoms with Gasteiger partial charge in [0.05, 0.1) is 0 Å². The molecule has 0 saturated carbocycles. The lowest BCUT2D eigenvalue weighted by Gasteiger charge is -2.36.